The number of hydrogen-bond donors (Lipinski definition) is 1. The van der Waals surface area contributed by atoms with Crippen LogP contribution in [-0.2, 0) is 11.3 Å². The lowest BCUT2D eigenvalue weighted by atomic mass is 10.2. The number of nitrogens with one attached hydrogen (secondary N) is 1. The summed E-state index contributed by atoms with van der Waals surface area (Å²) in [5.74, 6) is 1.77. The molecule has 1 unspecified atom stereocenters. The molecule has 0 saturated heterocycles. The molecule has 1 aromatic carbocycles. The molecular formula is C21H27ClN4O2S. The van der Waals surface area contributed by atoms with Gasteiger partial charge in [0, 0.05) is 17.6 Å². The summed E-state index contributed by atoms with van der Waals surface area (Å²) < 4.78 is 7.98. The van der Waals surface area contributed by atoms with E-state index >= 15 is 0 Å². The third-order valence-electron chi connectivity index (χ3n) is 4.92. The predicted octanol–water partition coefficient (Wildman–Crippen LogP) is 4.72. The lowest BCUT2D eigenvalue weighted by molar-refractivity contribution is -0.119. The SMILES string of the molecule is C=CCn1c(SCC(=O)NC2CCCC2)nnc1C(C)Oc1ccc(Cl)c(C)c1. The van der Waals surface area contributed by atoms with Crippen molar-refractivity contribution in [2.24, 2.45) is 0 Å². The molecule has 0 radical (unpaired) electrons. The van der Waals surface area contributed by atoms with Crippen molar-refractivity contribution in [3.8, 4) is 5.75 Å². The summed E-state index contributed by atoms with van der Waals surface area (Å²) in [4.78, 5) is 12.2. The predicted molar refractivity (Wildman–Crippen MR) is 117 cm³/mol. The fourth-order valence-corrected chi connectivity index (χ4v) is 4.31. The zero-order valence-corrected chi connectivity index (χ0v) is 18.4. The van der Waals surface area contributed by atoms with E-state index in [1.54, 1.807) is 6.08 Å². The van der Waals surface area contributed by atoms with Gasteiger partial charge in [0.25, 0.3) is 0 Å². The Morgan fingerprint density at radius 3 is 2.90 bits per heavy atom. The van der Waals surface area contributed by atoms with Crippen molar-refractivity contribution in [1.29, 1.82) is 0 Å². The number of benzene rings is 1. The van der Waals surface area contributed by atoms with Crippen LogP contribution in [-0.4, -0.2) is 32.5 Å². The van der Waals surface area contributed by atoms with Crippen molar-refractivity contribution in [3.63, 3.8) is 0 Å². The second kappa shape index (κ2) is 10.2. The molecule has 8 heteroatoms. The first-order valence-electron chi connectivity index (χ1n) is 9.87. The van der Waals surface area contributed by atoms with E-state index in [2.05, 4.69) is 22.1 Å². The highest BCUT2D eigenvalue weighted by Crippen LogP contribution is 2.27. The van der Waals surface area contributed by atoms with Gasteiger partial charge < -0.3 is 10.1 Å². The first-order chi connectivity index (χ1) is 14.0. The Balaban J connectivity index is 1.65. The number of thioether (sulfide) groups is 1. The van der Waals surface area contributed by atoms with E-state index in [-0.39, 0.29) is 12.0 Å². The molecule has 1 aliphatic carbocycles. The van der Waals surface area contributed by atoms with Crippen LogP contribution in [0.5, 0.6) is 5.75 Å². The van der Waals surface area contributed by atoms with E-state index in [0.717, 1.165) is 24.2 Å². The molecule has 1 saturated carbocycles. The van der Waals surface area contributed by atoms with Gasteiger partial charge in [-0.3, -0.25) is 9.36 Å². The molecule has 1 aromatic heterocycles. The van der Waals surface area contributed by atoms with Crippen molar-refractivity contribution in [3.05, 3.63) is 47.3 Å². The molecule has 1 fully saturated rings. The number of aromatic nitrogens is 3. The maximum Gasteiger partial charge on any atom is 0.230 e. The number of rotatable bonds is 9. The van der Waals surface area contributed by atoms with Crippen LogP contribution in [0.2, 0.25) is 5.02 Å². The molecule has 0 aliphatic heterocycles. The van der Waals surface area contributed by atoms with Crippen molar-refractivity contribution in [1.82, 2.24) is 20.1 Å². The van der Waals surface area contributed by atoms with Gasteiger partial charge in [-0.15, -0.1) is 16.8 Å². The number of halogens is 1. The normalized spacial score (nSPS) is 15.3. The fourth-order valence-electron chi connectivity index (χ4n) is 3.43. The van der Waals surface area contributed by atoms with Crippen molar-refractivity contribution < 1.29 is 9.53 Å². The topological polar surface area (TPSA) is 69.0 Å². The van der Waals surface area contributed by atoms with E-state index in [1.807, 2.05) is 36.6 Å². The third-order valence-corrected chi connectivity index (χ3v) is 6.31. The standard InChI is InChI=1S/C21H27ClN4O2S/c1-4-11-26-20(15(3)28-17-9-10-18(22)14(2)12-17)24-25-21(26)29-13-19(27)23-16-7-5-6-8-16/h4,9-10,12,15-16H,1,5-8,11,13H2,2-3H3,(H,23,27). The van der Waals surface area contributed by atoms with Crippen LogP contribution >= 0.6 is 23.4 Å². The zero-order valence-electron chi connectivity index (χ0n) is 16.9. The summed E-state index contributed by atoms with van der Waals surface area (Å²) in [6.45, 7) is 8.23. The van der Waals surface area contributed by atoms with Crippen LogP contribution in [0.4, 0.5) is 0 Å². The molecule has 1 heterocycles. The second-order valence-corrected chi connectivity index (χ2v) is 8.60. The minimum Gasteiger partial charge on any atom is -0.483 e. The Kier molecular flexibility index (Phi) is 7.61. The number of ether oxygens (including phenoxy) is 1. The molecule has 29 heavy (non-hydrogen) atoms. The quantitative estimate of drug-likeness (QED) is 0.457. The minimum absolute atomic E-state index is 0.0394. The highest BCUT2D eigenvalue weighted by atomic mass is 35.5. The number of carbonyl (C=O) groups excluding carboxylic acids is 1. The lowest BCUT2D eigenvalue weighted by Gasteiger charge is -2.16. The second-order valence-electron chi connectivity index (χ2n) is 7.25. The highest BCUT2D eigenvalue weighted by molar-refractivity contribution is 7.99. The average molecular weight is 435 g/mol. The monoisotopic (exact) mass is 434 g/mol. The maximum atomic E-state index is 12.2. The summed E-state index contributed by atoms with van der Waals surface area (Å²) in [6.07, 6.45) is 6.01. The van der Waals surface area contributed by atoms with Gasteiger partial charge in [0.05, 0.1) is 5.75 Å². The van der Waals surface area contributed by atoms with Gasteiger partial charge in [-0.2, -0.15) is 0 Å². The molecule has 0 bridgehead atoms. The zero-order chi connectivity index (χ0) is 20.8. The van der Waals surface area contributed by atoms with Crippen LogP contribution in [0, 0.1) is 6.92 Å². The highest BCUT2D eigenvalue weighted by Gasteiger charge is 2.21. The Morgan fingerprint density at radius 1 is 1.45 bits per heavy atom. The fraction of sp³-hybridized carbons (Fsp3) is 0.476. The molecule has 156 valence electrons. The van der Waals surface area contributed by atoms with Gasteiger partial charge >= 0.3 is 0 Å². The molecule has 0 spiro atoms. The van der Waals surface area contributed by atoms with Gasteiger partial charge in [-0.05, 0) is 50.5 Å². The molecule has 1 N–H and O–H groups in total. The number of amides is 1. The number of nitrogens with zero attached hydrogens (tertiary/aromatic N) is 3. The van der Waals surface area contributed by atoms with E-state index in [0.29, 0.717) is 34.3 Å². The van der Waals surface area contributed by atoms with Crippen LogP contribution in [0.1, 0.15) is 50.1 Å². The number of aryl methyl sites for hydroxylation is 1. The Morgan fingerprint density at radius 2 is 2.21 bits per heavy atom. The van der Waals surface area contributed by atoms with E-state index in [4.69, 9.17) is 16.3 Å². The first-order valence-corrected chi connectivity index (χ1v) is 11.2. The molecule has 2 aromatic rings. The molecule has 1 atom stereocenters. The van der Waals surface area contributed by atoms with Crippen LogP contribution < -0.4 is 10.1 Å². The minimum atomic E-state index is -0.315. The van der Waals surface area contributed by atoms with Crippen molar-refractivity contribution in [2.75, 3.05) is 5.75 Å². The van der Waals surface area contributed by atoms with E-state index in [9.17, 15) is 4.79 Å². The van der Waals surface area contributed by atoms with Crippen LogP contribution in [0.25, 0.3) is 0 Å². The first kappa shape index (κ1) is 21.7. The summed E-state index contributed by atoms with van der Waals surface area (Å²) >= 11 is 7.47. The van der Waals surface area contributed by atoms with Gasteiger partial charge in [-0.1, -0.05) is 42.3 Å². The maximum absolute atomic E-state index is 12.2. The average Bonchev–Trinajstić information content (AvgIpc) is 3.33. The van der Waals surface area contributed by atoms with Gasteiger partial charge in [0.15, 0.2) is 17.1 Å². The van der Waals surface area contributed by atoms with Crippen molar-refractivity contribution >= 4 is 29.3 Å². The van der Waals surface area contributed by atoms with Gasteiger partial charge in [-0.25, -0.2) is 0 Å². The lowest BCUT2D eigenvalue weighted by Crippen LogP contribution is -2.33. The van der Waals surface area contributed by atoms with Crippen LogP contribution in [0.15, 0.2) is 36.0 Å². The van der Waals surface area contributed by atoms with Crippen molar-refractivity contribution in [2.45, 2.75) is 63.4 Å². The Labute approximate surface area is 181 Å². The number of allylic oxidation sites excluding steroid dienone is 1. The Hall–Kier alpha value is -1.99. The van der Waals surface area contributed by atoms with Gasteiger partial charge in [0.1, 0.15) is 5.75 Å². The van der Waals surface area contributed by atoms with Gasteiger partial charge in [0.2, 0.25) is 5.91 Å². The molecular weight excluding hydrogens is 408 g/mol. The number of carbonyl (C=O) groups is 1. The Bertz CT molecular complexity index is 864. The molecule has 1 aliphatic rings. The van der Waals surface area contributed by atoms with E-state index < -0.39 is 0 Å². The number of hydrogen-bond acceptors (Lipinski definition) is 5. The summed E-state index contributed by atoms with van der Waals surface area (Å²) in [6, 6.07) is 5.87. The molecule has 6 nitrogen and oxygen atoms in total. The van der Waals surface area contributed by atoms with Crippen LogP contribution in [0.3, 0.4) is 0 Å². The molecule has 1 amide bonds. The molecule has 3 rings (SSSR count). The third kappa shape index (κ3) is 5.76. The summed E-state index contributed by atoms with van der Waals surface area (Å²) in [7, 11) is 0. The van der Waals surface area contributed by atoms with E-state index in [1.165, 1.54) is 24.6 Å². The summed E-state index contributed by atoms with van der Waals surface area (Å²) in [5.41, 5.74) is 0.952. The largest absolute Gasteiger partial charge is 0.483 e. The summed E-state index contributed by atoms with van der Waals surface area (Å²) in [5, 5.41) is 13.1. The smallest absolute Gasteiger partial charge is 0.230 e.